The molecule has 0 aliphatic heterocycles. The minimum absolute atomic E-state index is 0.00919. The van der Waals surface area contributed by atoms with Gasteiger partial charge in [-0.3, -0.25) is 4.79 Å². The molecule has 0 radical (unpaired) electrons. The first-order valence-electron chi connectivity index (χ1n) is 8.98. The highest BCUT2D eigenvalue weighted by molar-refractivity contribution is 5.96. The molecule has 1 saturated carbocycles. The first-order chi connectivity index (χ1) is 11.9. The van der Waals surface area contributed by atoms with Gasteiger partial charge in [0.05, 0.1) is 11.7 Å². The fourth-order valence-corrected chi connectivity index (χ4v) is 3.73. The van der Waals surface area contributed by atoms with Crippen LogP contribution in [0.25, 0.3) is 11.2 Å². The smallest absolute Gasteiger partial charge is 0.255 e. The lowest BCUT2D eigenvalue weighted by molar-refractivity contribution is -0.140. The summed E-state index contributed by atoms with van der Waals surface area (Å²) in [7, 11) is 1.79. The van der Waals surface area contributed by atoms with E-state index in [0.717, 1.165) is 19.4 Å². The number of rotatable bonds is 6. The van der Waals surface area contributed by atoms with E-state index in [-0.39, 0.29) is 23.5 Å². The summed E-state index contributed by atoms with van der Waals surface area (Å²) in [6.07, 6.45) is 3.63. The number of hydrogen-bond donors (Lipinski definition) is 0. The molecule has 0 aromatic carbocycles. The maximum absolute atomic E-state index is 13.2. The van der Waals surface area contributed by atoms with Gasteiger partial charge in [-0.25, -0.2) is 9.67 Å². The number of aromatic nitrogens is 4. The lowest BCUT2D eigenvalue weighted by Crippen LogP contribution is -2.63. The molecule has 0 spiro atoms. The Balaban J connectivity index is 1.85. The van der Waals surface area contributed by atoms with Gasteiger partial charge in [0.15, 0.2) is 5.65 Å². The number of fused-ring (bicyclic) bond motifs is 1. The number of hydrogen-bond acceptors (Lipinski definition) is 5. The van der Waals surface area contributed by atoms with Crippen molar-refractivity contribution in [2.24, 2.45) is 12.5 Å². The molecule has 0 bridgehead atoms. The zero-order chi connectivity index (χ0) is 18.2. The molecule has 1 fully saturated rings. The van der Waals surface area contributed by atoms with Crippen molar-refractivity contribution in [3.05, 3.63) is 17.8 Å². The van der Waals surface area contributed by atoms with Crippen LogP contribution in [0.2, 0.25) is 0 Å². The number of nitrogens with zero attached hydrogens (tertiary/aromatic N) is 5. The topological polar surface area (TPSA) is 73.1 Å². The molecule has 7 nitrogen and oxygen atoms in total. The fraction of sp³-hybridized carbons (Fsp3) is 0.667. The van der Waals surface area contributed by atoms with Gasteiger partial charge >= 0.3 is 0 Å². The molecule has 7 heteroatoms. The van der Waals surface area contributed by atoms with Crippen LogP contribution in [0.1, 0.15) is 50.9 Å². The number of carbonyl (C=O) groups excluding carboxylic acids is 1. The second kappa shape index (κ2) is 6.71. The molecule has 25 heavy (non-hydrogen) atoms. The summed E-state index contributed by atoms with van der Waals surface area (Å²) < 4.78 is 7.43. The summed E-state index contributed by atoms with van der Waals surface area (Å²) in [6, 6.07) is 1.96. The van der Waals surface area contributed by atoms with Crippen molar-refractivity contribution in [1.82, 2.24) is 24.9 Å². The monoisotopic (exact) mass is 345 g/mol. The highest BCUT2D eigenvalue weighted by atomic mass is 16.5. The van der Waals surface area contributed by atoms with E-state index in [2.05, 4.69) is 36.1 Å². The van der Waals surface area contributed by atoms with Crippen LogP contribution in [0.4, 0.5) is 0 Å². The van der Waals surface area contributed by atoms with Crippen molar-refractivity contribution in [1.29, 1.82) is 0 Å². The molecule has 2 aromatic heterocycles. The molecule has 3 rings (SSSR count). The van der Waals surface area contributed by atoms with E-state index in [0.29, 0.717) is 23.3 Å². The second-order valence-corrected chi connectivity index (χ2v) is 7.30. The van der Waals surface area contributed by atoms with Crippen LogP contribution in [0, 0.1) is 5.41 Å². The maximum atomic E-state index is 13.2. The SMILES string of the molecule is CCCN(C(=O)c1cnc2c(c1)nnn2C)[C@H]1C[C@H](OCC)C1(C)C. The Morgan fingerprint density at radius 2 is 2.20 bits per heavy atom. The van der Waals surface area contributed by atoms with E-state index < -0.39 is 0 Å². The van der Waals surface area contributed by atoms with Gasteiger partial charge in [0.25, 0.3) is 5.91 Å². The molecule has 1 amide bonds. The standard InChI is InChI=1S/C18H27N5O2/c1-6-8-23(14-10-15(25-7-2)18(14,3)4)17(24)12-9-13-16(19-11-12)22(5)21-20-13/h9,11,14-15H,6-8,10H2,1-5H3/t14-,15-/m0/s1. The van der Waals surface area contributed by atoms with Gasteiger partial charge in [0.1, 0.15) is 5.52 Å². The quantitative estimate of drug-likeness (QED) is 0.804. The van der Waals surface area contributed by atoms with Crippen molar-refractivity contribution in [3.63, 3.8) is 0 Å². The van der Waals surface area contributed by atoms with Crippen molar-refractivity contribution in [2.75, 3.05) is 13.2 Å². The molecule has 0 saturated heterocycles. The molecule has 2 aromatic rings. The van der Waals surface area contributed by atoms with E-state index in [1.165, 1.54) is 0 Å². The molecule has 0 unspecified atom stereocenters. The Labute approximate surface area is 148 Å². The first kappa shape index (κ1) is 17.8. The molecule has 136 valence electrons. The maximum Gasteiger partial charge on any atom is 0.255 e. The molecule has 0 N–H and O–H groups in total. The summed E-state index contributed by atoms with van der Waals surface area (Å²) in [5.74, 6) is 0.00919. The lowest BCUT2D eigenvalue weighted by atomic mass is 9.63. The first-order valence-corrected chi connectivity index (χ1v) is 8.98. The summed E-state index contributed by atoms with van der Waals surface area (Å²) in [6.45, 7) is 9.90. The van der Waals surface area contributed by atoms with E-state index in [1.807, 2.05) is 11.8 Å². The Morgan fingerprint density at radius 1 is 1.44 bits per heavy atom. The Morgan fingerprint density at radius 3 is 2.84 bits per heavy atom. The van der Waals surface area contributed by atoms with Crippen LogP contribution >= 0.6 is 0 Å². The Hall–Kier alpha value is -2.02. The van der Waals surface area contributed by atoms with Gasteiger partial charge in [-0.1, -0.05) is 26.0 Å². The van der Waals surface area contributed by atoms with Gasteiger partial charge in [-0.05, 0) is 25.8 Å². The van der Waals surface area contributed by atoms with Crippen molar-refractivity contribution >= 4 is 17.1 Å². The van der Waals surface area contributed by atoms with E-state index in [9.17, 15) is 4.79 Å². The minimum atomic E-state index is -0.0507. The van der Waals surface area contributed by atoms with Crippen LogP contribution in [0.15, 0.2) is 12.3 Å². The van der Waals surface area contributed by atoms with E-state index >= 15 is 0 Å². The zero-order valence-corrected chi connectivity index (χ0v) is 15.7. The minimum Gasteiger partial charge on any atom is -0.378 e. The van der Waals surface area contributed by atoms with Crippen LogP contribution < -0.4 is 0 Å². The van der Waals surface area contributed by atoms with Crippen LogP contribution in [0.5, 0.6) is 0 Å². The molecular formula is C18H27N5O2. The van der Waals surface area contributed by atoms with Gasteiger partial charge < -0.3 is 9.64 Å². The second-order valence-electron chi connectivity index (χ2n) is 7.30. The third-order valence-corrected chi connectivity index (χ3v) is 5.28. The normalized spacial score (nSPS) is 22.0. The average molecular weight is 345 g/mol. The summed E-state index contributed by atoms with van der Waals surface area (Å²) >= 11 is 0. The summed E-state index contributed by atoms with van der Waals surface area (Å²) in [5, 5.41) is 8.03. The van der Waals surface area contributed by atoms with E-state index in [1.54, 1.807) is 24.0 Å². The molecular weight excluding hydrogens is 318 g/mol. The molecule has 2 atom stereocenters. The fourth-order valence-electron chi connectivity index (χ4n) is 3.73. The van der Waals surface area contributed by atoms with Gasteiger partial charge in [0.2, 0.25) is 0 Å². The highest BCUT2D eigenvalue weighted by Crippen LogP contribution is 2.46. The van der Waals surface area contributed by atoms with Gasteiger partial charge in [0, 0.05) is 37.9 Å². The number of aryl methyl sites for hydroxylation is 1. The average Bonchev–Trinajstić information content (AvgIpc) is 2.97. The summed E-state index contributed by atoms with van der Waals surface area (Å²) in [5.41, 5.74) is 1.84. The van der Waals surface area contributed by atoms with E-state index in [4.69, 9.17) is 4.74 Å². The van der Waals surface area contributed by atoms with Crippen LogP contribution in [0.3, 0.4) is 0 Å². The van der Waals surface area contributed by atoms with Gasteiger partial charge in [-0.2, -0.15) is 0 Å². The van der Waals surface area contributed by atoms with Gasteiger partial charge in [-0.15, -0.1) is 5.10 Å². The van der Waals surface area contributed by atoms with Crippen molar-refractivity contribution < 1.29 is 9.53 Å². The van der Waals surface area contributed by atoms with Crippen molar-refractivity contribution in [2.45, 2.75) is 52.7 Å². The molecule has 1 aliphatic carbocycles. The predicted molar refractivity (Wildman–Crippen MR) is 95.2 cm³/mol. The third-order valence-electron chi connectivity index (χ3n) is 5.28. The Kier molecular flexibility index (Phi) is 4.77. The van der Waals surface area contributed by atoms with Crippen LogP contribution in [-0.4, -0.2) is 56.1 Å². The number of ether oxygens (including phenoxy) is 1. The molecule has 2 heterocycles. The highest BCUT2D eigenvalue weighted by Gasteiger charge is 2.52. The summed E-state index contributed by atoms with van der Waals surface area (Å²) in [4.78, 5) is 19.5. The lowest BCUT2D eigenvalue weighted by Gasteiger charge is -2.55. The zero-order valence-electron chi connectivity index (χ0n) is 15.7. The number of carbonyl (C=O) groups is 1. The van der Waals surface area contributed by atoms with Crippen molar-refractivity contribution in [3.8, 4) is 0 Å². The number of pyridine rings is 1. The largest absolute Gasteiger partial charge is 0.378 e. The predicted octanol–water partition coefficient (Wildman–Crippen LogP) is 2.42. The third kappa shape index (κ3) is 3.01. The van der Waals surface area contributed by atoms with Crippen LogP contribution in [-0.2, 0) is 11.8 Å². The Bertz CT molecular complexity index is 770. The number of amides is 1. The molecule has 1 aliphatic rings.